The van der Waals surface area contributed by atoms with Gasteiger partial charge in [-0.05, 0) is 36.6 Å². The molecule has 0 bridgehead atoms. The molecular formula is C14H14F3NO4. The number of hydrogen-bond acceptors (Lipinski definition) is 4. The van der Waals surface area contributed by atoms with Crippen molar-refractivity contribution in [3.05, 3.63) is 24.3 Å². The van der Waals surface area contributed by atoms with E-state index in [-0.39, 0.29) is 23.3 Å². The molecular weight excluding hydrogens is 303 g/mol. The summed E-state index contributed by atoms with van der Waals surface area (Å²) in [4.78, 5) is 23.0. The monoisotopic (exact) mass is 317 g/mol. The molecule has 0 heterocycles. The highest BCUT2D eigenvalue weighted by molar-refractivity contribution is 5.93. The first-order valence-electron chi connectivity index (χ1n) is 6.57. The van der Waals surface area contributed by atoms with Crippen LogP contribution in [0.4, 0.5) is 18.9 Å². The lowest BCUT2D eigenvalue weighted by molar-refractivity contribution is -0.274. The first kappa shape index (κ1) is 16.1. The summed E-state index contributed by atoms with van der Waals surface area (Å²) in [5, 5.41) is 2.40. The van der Waals surface area contributed by atoms with E-state index in [1.54, 1.807) is 0 Å². The fourth-order valence-electron chi connectivity index (χ4n) is 1.83. The fourth-order valence-corrected chi connectivity index (χ4v) is 1.83. The number of halogens is 3. The number of benzene rings is 1. The molecule has 1 amide bonds. The lowest BCUT2D eigenvalue weighted by atomic mass is 10.3. The summed E-state index contributed by atoms with van der Waals surface area (Å²) < 4.78 is 44.5. The number of esters is 1. The Kier molecular flexibility index (Phi) is 4.58. The molecule has 2 rings (SSSR count). The molecule has 1 saturated carbocycles. The van der Waals surface area contributed by atoms with Crippen LogP contribution in [0.25, 0.3) is 0 Å². The highest BCUT2D eigenvalue weighted by atomic mass is 19.4. The van der Waals surface area contributed by atoms with Gasteiger partial charge in [-0.15, -0.1) is 13.2 Å². The summed E-state index contributed by atoms with van der Waals surface area (Å²) in [6.45, 7) is 1.49. The predicted molar refractivity (Wildman–Crippen MR) is 70.0 cm³/mol. The lowest BCUT2D eigenvalue weighted by Gasteiger charge is -2.10. The first-order chi connectivity index (χ1) is 10.2. The molecule has 2 atom stereocenters. The molecule has 1 aliphatic carbocycles. The van der Waals surface area contributed by atoms with Gasteiger partial charge < -0.3 is 14.8 Å². The predicted octanol–water partition coefficient (Wildman–Crippen LogP) is 2.72. The van der Waals surface area contributed by atoms with Gasteiger partial charge in [0.1, 0.15) is 5.75 Å². The van der Waals surface area contributed by atoms with E-state index in [2.05, 4.69) is 10.1 Å². The number of ether oxygens (including phenoxy) is 2. The molecule has 8 heteroatoms. The zero-order valence-electron chi connectivity index (χ0n) is 11.6. The second-order valence-corrected chi connectivity index (χ2v) is 5.05. The lowest BCUT2D eigenvalue weighted by Crippen LogP contribution is -2.21. The van der Waals surface area contributed by atoms with Gasteiger partial charge in [0, 0.05) is 5.69 Å². The van der Waals surface area contributed by atoms with Crippen LogP contribution in [0.5, 0.6) is 5.75 Å². The minimum absolute atomic E-state index is 0.133. The topological polar surface area (TPSA) is 64.6 Å². The van der Waals surface area contributed by atoms with Crippen molar-refractivity contribution in [3.8, 4) is 5.75 Å². The molecule has 0 radical (unpaired) electrons. The van der Waals surface area contributed by atoms with Gasteiger partial charge in [-0.3, -0.25) is 9.59 Å². The molecule has 1 aliphatic rings. The molecule has 0 spiro atoms. The van der Waals surface area contributed by atoms with Crippen molar-refractivity contribution in [3.63, 3.8) is 0 Å². The number of rotatable bonds is 5. The Morgan fingerprint density at radius 3 is 2.36 bits per heavy atom. The van der Waals surface area contributed by atoms with Crippen molar-refractivity contribution in [2.75, 3.05) is 11.9 Å². The average Bonchev–Trinajstić information content (AvgIpc) is 3.14. The van der Waals surface area contributed by atoms with E-state index in [9.17, 15) is 22.8 Å². The largest absolute Gasteiger partial charge is 0.573 e. The van der Waals surface area contributed by atoms with Crippen molar-refractivity contribution in [1.29, 1.82) is 0 Å². The van der Waals surface area contributed by atoms with Crippen molar-refractivity contribution in [1.82, 2.24) is 0 Å². The SMILES string of the molecule is C[C@@H]1C[C@@H]1C(=O)OCC(=O)Nc1ccc(OC(F)(F)F)cc1. The Morgan fingerprint density at radius 2 is 1.86 bits per heavy atom. The normalized spacial score (nSPS) is 20.2. The van der Waals surface area contributed by atoms with E-state index < -0.39 is 24.8 Å². The Balaban J connectivity index is 1.77. The molecule has 5 nitrogen and oxygen atoms in total. The zero-order chi connectivity index (χ0) is 16.3. The Bertz CT molecular complexity index is 556. The number of anilines is 1. The minimum Gasteiger partial charge on any atom is -0.455 e. The summed E-state index contributed by atoms with van der Waals surface area (Å²) in [5.41, 5.74) is 0.273. The third-order valence-corrected chi connectivity index (χ3v) is 3.13. The highest BCUT2D eigenvalue weighted by Crippen LogP contribution is 2.38. The van der Waals surface area contributed by atoms with Gasteiger partial charge in [0.05, 0.1) is 5.92 Å². The maximum Gasteiger partial charge on any atom is 0.573 e. The van der Waals surface area contributed by atoms with E-state index in [0.29, 0.717) is 0 Å². The molecule has 1 N–H and O–H groups in total. The second-order valence-electron chi connectivity index (χ2n) is 5.05. The van der Waals surface area contributed by atoms with Gasteiger partial charge in [-0.1, -0.05) is 6.92 Å². The highest BCUT2D eigenvalue weighted by Gasteiger charge is 2.40. The van der Waals surface area contributed by atoms with E-state index in [0.717, 1.165) is 18.6 Å². The molecule has 0 saturated heterocycles. The van der Waals surface area contributed by atoms with E-state index in [1.165, 1.54) is 12.1 Å². The van der Waals surface area contributed by atoms with Crippen LogP contribution in [0, 0.1) is 11.8 Å². The average molecular weight is 317 g/mol. The van der Waals surface area contributed by atoms with Gasteiger partial charge in [0.25, 0.3) is 5.91 Å². The third kappa shape index (κ3) is 4.94. The number of carbonyl (C=O) groups excluding carboxylic acids is 2. The number of amides is 1. The Labute approximate surface area is 124 Å². The maximum absolute atomic E-state index is 12.0. The number of nitrogens with one attached hydrogen (secondary N) is 1. The number of carbonyl (C=O) groups is 2. The standard InChI is InChI=1S/C14H14F3NO4/c1-8-6-11(8)13(20)21-7-12(19)18-9-2-4-10(5-3-9)22-14(15,16)17/h2-5,8,11H,6-7H2,1H3,(H,18,19)/t8-,11+/m1/s1. The van der Waals surface area contributed by atoms with Gasteiger partial charge in [-0.2, -0.15) is 0 Å². The van der Waals surface area contributed by atoms with Crippen molar-refractivity contribution in [2.24, 2.45) is 11.8 Å². The quantitative estimate of drug-likeness (QED) is 0.848. The summed E-state index contributed by atoms with van der Waals surface area (Å²) in [6, 6.07) is 4.65. The fraction of sp³-hybridized carbons (Fsp3) is 0.429. The van der Waals surface area contributed by atoms with E-state index >= 15 is 0 Å². The van der Waals surface area contributed by atoms with Crippen LogP contribution in [-0.2, 0) is 14.3 Å². The molecule has 0 unspecified atom stereocenters. The van der Waals surface area contributed by atoms with E-state index in [1.807, 2.05) is 6.92 Å². The van der Waals surface area contributed by atoms with Crippen LogP contribution in [0.15, 0.2) is 24.3 Å². The van der Waals surface area contributed by atoms with Crippen LogP contribution in [0.3, 0.4) is 0 Å². The summed E-state index contributed by atoms with van der Waals surface area (Å²) >= 11 is 0. The minimum atomic E-state index is -4.76. The van der Waals surface area contributed by atoms with Crippen LogP contribution >= 0.6 is 0 Å². The molecule has 1 fully saturated rings. The number of alkyl halides is 3. The zero-order valence-corrected chi connectivity index (χ0v) is 11.6. The van der Waals surface area contributed by atoms with Crippen LogP contribution in [-0.4, -0.2) is 24.8 Å². The maximum atomic E-state index is 12.0. The molecule has 1 aromatic rings. The smallest absolute Gasteiger partial charge is 0.455 e. The molecule has 0 aromatic heterocycles. The Hall–Kier alpha value is -2.25. The molecule has 1 aromatic carbocycles. The van der Waals surface area contributed by atoms with Crippen molar-refractivity contribution < 1.29 is 32.2 Å². The van der Waals surface area contributed by atoms with Gasteiger partial charge >= 0.3 is 12.3 Å². The molecule has 22 heavy (non-hydrogen) atoms. The molecule has 120 valence electrons. The summed E-state index contributed by atoms with van der Waals surface area (Å²) in [5.74, 6) is -1.20. The van der Waals surface area contributed by atoms with Crippen LogP contribution in [0.2, 0.25) is 0 Å². The van der Waals surface area contributed by atoms with Crippen LogP contribution < -0.4 is 10.1 Å². The number of hydrogen-bond donors (Lipinski definition) is 1. The van der Waals surface area contributed by atoms with Gasteiger partial charge in [-0.25, -0.2) is 0 Å². The van der Waals surface area contributed by atoms with Gasteiger partial charge in [0.15, 0.2) is 6.61 Å². The van der Waals surface area contributed by atoms with E-state index in [4.69, 9.17) is 4.74 Å². The Morgan fingerprint density at radius 1 is 1.27 bits per heavy atom. The van der Waals surface area contributed by atoms with Crippen LogP contribution in [0.1, 0.15) is 13.3 Å². The summed E-state index contributed by atoms with van der Waals surface area (Å²) in [7, 11) is 0. The van der Waals surface area contributed by atoms with Crippen molar-refractivity contribution in [2.45, 2.75) is 19.7 Å². The van der Waals surface area contributed by atoms with Crippen molar-refractivity contribution >= 4 is 17.6 Å². The summed E-state index contributed by atoms with van der Waals surface area (Å²) in [6.07, 6.45) is -4.00. The second kappa shape index (κ2) is 6.25. The third-order valence-electron chi connectivity index (χ3n) is 3.13. The first-order valence-corrected chi connectivity index (χ1v) is 6.57. The molecule has 0 aliphatic heterocycles. The van der Waals surface area contributed by atoms with Gasteiger partial charge in [0.2, 0.25) is 0 Å².